The van der Waals surface area contributed by atoms with Crippen molar-refractivity contribution in [2.45, 2.75) is 63.1 Å². The summed E-state index contributed by atoms with van der Waals surface area (Å²) in [6, 6.07) is 4.60. The molecule has 3 rings (SSSR count). The summed E-state index contributed by atoms with van der Waals surface area (Å²) < 4.78 is 10.7. The van der Waals surface area contributed by atoms with Crippen LogP contribution >= 0.6 is 0 Å². The number of likely N-dealkylation sites (tertiary alicyclic amines) is 1. The zero-order valence-electron chi connectivity index (χ0n) is 17.8. The van der Waals surface area contributed by atoms with Crippen LogP contribution in [0, 0.1) is 0 Å². The van der Waals surface area contributed by atoms with Gasteiger partial charge in [-0.25, -0.2) is 0 Å². The van der Waals surface area contributed by atoms with Crippen molar-refractivity contribution >= 4 is 17.6 Å². The molecule has 1 aliphatic heterocycles. The summed E-state index contributed by atoms with van der Waals surface area (Å²) in [6.07, 6.45) is 6.55. The highest BCUT2D eigenvalue weighted by molar-refractivity contribution is 5.95. The Morgan fingerprint density at radius 3 is 2.57 bits per heavy atom. The van der Waals surface area contributed by atoms with Crippen LogP contribution in [0.15, 0.2) is 18.2 Å². The van der Waals surface area contributed by atoms with Crippen LogP contribution in [-0.2, 0) is 9.53 Å². The van der Waals surface area contributed by atoms with Gasteiger partial charge in [-0.15, -0.1) is 0 Å². The second-order valence-electron chi connectivity index (χ2n) is 8.28. The van der Waals surface area contributed by atoms with Crippen molar-refractivity contribution in [1.82, 2.24) is 10.2 Å². The number of nitrogen functional groups attached to an aromatic ring is 1. The molecule has 1 saturated carbocycles. The van der Waals surface area contributed by atoms with E-state index in [-0.39, 0.29) is 24.0 Å². The number of hydrogen-bond acceptors (Lipinski definition) is 7. The molecule has 1 saturated heterocycles. The number of carbonyl (C=O) groups is 2. The smallest absolute Gasteiger partial charge is 0.323 e. The summed E-state index contributed by atoms with van der Waals surface area (Å²) in [6.45, 7) is 2.48. The van der Waals surface area contributed by atoms with Crippen molar-refractivity contribution < 1.29 is 19.1 Å². The van der Waals surface area contributed by atoms with Crippen LogP contribution in [0.4, 0.5) is 5.69 Å². The summed E-state index contributed by atoms with van der Waals surface area (Å²) in [4.78, 5) is 26.9. The van der Waals surface area contributed by atoms with Crippen molar-refractivity contribution in [3.8, 4) is 5.75 Å². The number of carbonyl (C=O) groups excluding carboxylic acids is 2. The molecule has 0 spiro atoms. The Hall–Kier alpha value is -2.32. The third kappa shape index (κ3) is 6.09. The van der Waals surface area contributed by atoms with E-state index in [1.54, 1.807) is 18.2 Å². The molecule has 1 amide bonds. The number of hydrogen-bond donors (Lipinski definition) is 3. The SMILES string of the molecule is COc1cc(C(=O)NC2CCN(CC[C@H](N)C(=O)OC3CCCC3)CC2)ccc1N. The Labute approximate surface area is 178 Å². The standard InChI is InChI=1S/C22H34N4O4/c1-29-20-14-15(6-7-18(20)23)21(27)25-16-8-11-26(12-9-16)13-10-19(24)22(28)30-17-4-2-3-5-17/h6-7,14,16-17,19H,2-5,8-13,23-24H2,1H3,(H,25,27)/t19-/m0/s1. The van der Waals surface area contributed by atoms with E-state index in [2.05, 4.69) is 10.2 Å². The van der Waals surface area contributed by atoms with Gasteiger partial charge < -0.3 is 31.2 Å². The predicted molar refractivity (Wildman–Crippen MR) is 115 cm³/mol. The lowest BCUT2D eigenvalue weighted by molar-refractivity contribution is -0.150. The highest BCUT2D eigenvalue weighted by atomic mass is 16.5. The molecular weight excluding hydrogens is 384 g/mol. The van der Waals surface area contributed by atoms with Gasteiger partial charge in [-0.3, -0.25) is 9.59 Å². The minimum Gasteiger partial charge on any atom is -0.495 e. The molecule has 5 N–H and O–H groups in total. The van der Waals surface area contributed by atoms with E-state index in [0.29, 0.717) is 23.4 Å². The number of amides is 1. The lowest BCUT2D eigenvalue weighted by Crippen LogP contribution is -2.46. The summed E-state index contributed by atoms with van der Waals surface area (Å²) in [5.74, 6) is 0.103. The minimum absolute atomic E-state index is 0.0592. The number of benzene rings is 1. The molecule has 1 aromatic rings. The number of nitrogens with zero attached hydrogens (tertiary/aromatic N) is 1. The molecule has 1 atom stereocenters. The molecule has 1 aromatic carbocycles. The predicted octanol–water partition coefficient (Wildman–Crippen LogP) is 1.67. The zero-order valence-corrected chi connectivity index (χ0v) is 17.8. The van der Waals surface area contributed by atoms with Crippen molar-refractivity contribution in [2.75, 3.05) is 32.5 Å². The first kappa shape index (κ1) is 22.4. The Bertz CT molecular complexity index is 728. The molecule has 0 aromatic heterocycles. The third-order valence-electron chi connectivity index (χ3n) is 6.06. The van der Waals surface area contributed by atoms with E-state index in [4.69, 9.17) is 20.9 Å². The van der Waals surface area contributed by atoms with Gasteiger partial charge in [0.15, 0.2) is 0 Å². The van der Waals surface area contributed by atoms with Gasteiger partial charge in [0, 0.05) is 31.2 Å². The number of ether oxygens (including phenoxy) is 2. The van der Waals surface area contributed by atoms with Gasteiger partial charge in [0.05, 0.1) is 12.8 Å². The monoisotopic (exact) mass is 418 g/mol. The lowest BCUT2D eigenvalue weighted by Gasteiger charge is -2.32. The van der Waals surface area contributed by atoms with E-state index < -0.39 is 6.04 Å². The highest BCUT2D eigenvalue weighted by Crippen LogP contribution is 2.23. The first-order chi connectivity index (χ1) is 14.5. The fourth-order valence-electron chi connectivity index (χ4n) is 4.12. The van der Waals surface area contributed by atoms with Crippen LogP contribution in [0.3, 0.4) is 0 Å². The first-order valence-electron chi connectivity index (χ1n) is 10.9. The summed E-state index contributed by atoms with van der Waals surface area (Å²) in [5, 5.41) is 3.09. The number of methoxy groups -OCH3 is 1. The van der Waals surface area contributed by atoms with Crippen LogP contribution < -0.4 is 21.5 Å². The average Bonchev–Trinajstić information content (AvgIpc) is 3.26. The van der Waals surface area contributed by atoms with Crippen molar-refractivity contribution in [2.24, 2.45) is 5.73 Å². The molecule has 2 fully saturated rings. The van der Waals surface area contributed by atoms with Crippen LogP contribution in [0.1, 0.15) is 55.3 Å². The Balaban J connectivity index is 1.37. The molecule has 166 valence electrons. The van der Waals surface area contributed by atoms with E-state index in [1.807, 2.05) is 0 Å². The Morgan fingerprint density at radius 2 is 1.90 bits per heavy atom. The van der Waals surface area contributed by atoms with Gasteiger partial charge in [0.25, 0.3) is 5.91 Å². The molecule has 1 heterocycles. The maximum Gasteiger partial charge on any atom is 0.323 e. The average molecular weight is 419 g/mol. The topological polar surface area (TPSA) is 120 Å². The Kier molecular flexibility index (Phi) is 7.93. The number of nitrogens with one attached hydrogen (secondary N) is 1. The van der Waals surface area contributed by atoms with Crippen LogP contribution in [-0.4, -0.2) is 61.7 Å². The first-order valence-corrected chi connectivity index (χ1v) is 10.9. The largest absolute Gasteiger partial charge is 0.495 e. The number of rotatable bonds is 8. The van der Waals surface area contributed by atoms with Gasteiger partial charge in [0.2, 0.25) is 0 Å². The fraction of sp³-hybridized carbons (Fsp3) is 0.636. The molecule has 8 nitrogen and oxygen atoms in total. The molecule has 0 radical (unpaired) electrons. The van der Waals surface area contributed by atoms with E-state index >= 15 is 0 Å². The quantitative estimate of drug-likeness (QED) is 0.434. The number of nitrogens with two attached hydrogens (primary N) is 2. The molecular formula is C22H34N4O4. The van der Waals surface area contributed by atoms with Gasteiger partial charge in [0.1, 0.15) is 17.9 Å². The summed E-state index contributed by atoms with van der Waals surface area (Å²) >= 11 is 0. The molecule has 1 aliphatic carbocycles. The maximum atomic E-state index is 12.5. The van der Waals surface area contributed by atoms with Crippen molar-refractivity contribution in [3.05, 3.63) is 23.8 Å². The summed E-state index contributed by atoms with van der Waals surface area (Å²) in [5.41, 5.74) is 12.9. The molecule has 30 heavy (non-hydrogen) atoms. The van der Waals surface area contributed by atoms with E-state index in [0.717, 1.165) is 58.2 Å². The number of esters is 1. The number of anilines is 1. The molecule has 0 unspecified atom stereocenters. The minimum atomic E-state index is -0.566. The molecule has 0 bridgehead atoms. The van der Waals surface area contributed by atoms with E-state index in [1.165, 1.54) is 7.11 Å². The van der Waals surface area contributed by atoms with Gasteiger partial charge in [-0.05, 0) is 63.1 Å². The Morgan fingerprint density at radius 1 is 1.20 bits per heavy atom. The number of piperidine rings is 1. The van der Waals surface area contributed by atoms with Gasteiger partial charge in [-0.2, -0.15) is 0 Å². The van der Waals surface area contributed by atoms with Crippen LogP contribution in [0.2, 0.25) is 0 Å². The van der Waals surface area contributed by atoms with E-state index in [9.17, 15) is 9.59 Å². The van der Waals surface area contributed by atoms with Crippen molar-refractivity contribution in [3.63, 3.8) is 0 Å². The van der Waals surface area contributed by atoms with Crippen LogP contribution in [0.5, 0.6) is 5.75 Å². The van der Waals surface area contributed by atoms with Gasteiger partial charge in [-0.1, -0.05) is 0 Å². The van der Waals surface area contributed by atoms with Crippen LogP contribution in [0.25, 0.3) is 0 Å². The van der Waals surface area contributed by atoms with Gasteiger partial charge >= 0.3 is 5.97 Å². The fourth-order valence-corrected chi connectivity index (χ4v) is 4.12. The molecule has 8 heteroatoms. The zero-order chi connectivity index (χ0) is 21.5. The highest BCUT2D eigenvalue weighted by Gasteiger charge is 2.25. The third-order valence-corrected chi connectivity index (χ3v) is 6.06. The summed E-state index contributed by atoms with van der Waals surface area (Å²) in [7, 11) is 1.53. The lowest BCUT2D eigenvalue weighted by atomic mass is 10.0. The normalized spacial score (nSPS) is 19.4. The molecule has 2 aliphatic rings. The second-order valence-corrected chi connectivity index (χ2v) is 8.28. The second kappa shape index (κ2) is 10.6. The maximum absolute atomic E-state index is 12.5. The van der Waals surface area contributed by atoms with Crippen molar-refractivity contribution in [1.29, 1.82) is 0 Å².